The van der Waals surface area contributed by atoms with Crippen LogP contribution in [0.1, 0.15) is 47.2 Å². The fourth-order valence-electron chi connectivity index (χ4n) is 8.14. The summed E-state index contributed by atoms with van der Waals surface area (Å²) in [5.41, 5.74) is 2.35. The summed E-state index contributed by atoms with van der Waals surface area (Å²) >= 11 is 0. The Hall–Kier alpha value is -5.06. The summed E-state index contributed by atoms with van der Waals surface area (Å²) in [4.78, 5) is 60.6. The molecule has 3 amide bonds. The van der Waals surface area contributed by atoms with Crippen LogP contribution in [0.3, 0.4) is 0 Å². The van der Waals surface area contributed by atoms with E-state index in [-0.39, 0.29) is 19.6 Å². The number of anilines is 1. The van der Waals surface area contributed by atoms with Crippen LogP contribution in [0, 0.1) is 25.7 Å². The van der Waals surface area contributed by atoms with Crippen molar-refractivity contribution in [2.75, 3.05) is 24.7 Å². The molecule has 0 aromatic heterocycles. The molecule has 4 aliphatic heterocycles. The number of likely N-dealkylation sites (tertiary alicyclic amines) is 1. The van der Waals surface area contributed by atoms with Crippen LogP contribution in [0.4, 0.5) is 5.69 Å². The Bertz CT molecular complexity index is 1820. The van der Waals surface area contributed by atoms with Gasteiger partial charge in [0.1, 0.15) is 18.2 Å². The number of nitrogens with zero attached hydrogens (tertiary/aromatic N) is 2. The first-order chi connectivity index (χ1) is 24.2. The topological polar surface area (TPSA) is 125 Å². The van der Waals surface area contributed by atoms with Gasteiger partial charge in [-0.05, 0) is 42.5 Å². The van der Waals surface area contributed by atoms with Gasteiger partial charge in [-0.3, -0.25) is 19.2 Å². The normalized spacial score (nSPS) is 29.5. The highest BCUT2D eigenvalue weighted by Crippen LogP contribution is 2.57. The number of cyclic esters (lactones) is 1. The molecule has 0 saturated carbocycles. The molecule has 2 saturated heterocycles. The third-order valence-electron chi connectivity index (χ3n) is 10.4. The van der Waals surface area contributed by atoms with Crippen molar-refractivity contribution in [3.8, 4) is 0 Å². The predicted molar refractivity (Wildman–Crippen MR) is 186 cm³/mol. The Labute approximate surface area is 291 Å². The Balaban J connectivity index is 1.38. The van der Waals surface area contributed by atoms with Gasteiger partial charge in [0.25, 0.3) is 5.91 Å². The van der Waals surface area contributed by atoms with Crippen LogP contribution in [-0.4, -0.2) is 71.2 Å². The van der Waals surface area contributed by atoms with Crippen molar-refractivity contribution in [3.63, 3.8) is 0 Å². The van der Waals surface area contributed by atoms with Crippen molar-refractivity contribution in [2.24, 2.45) is 11.8 Å². The molecule has 10 nitrogen and oxygen atoms in total. The lowest BCUT2D eigenvalue weighted by Crippen LogP contribution is -2.57. The molecule has 2 fully saturated rings. The number of nitrogens with one attached hydrogen (secondary N) is 1. The number of aliphatic hydroxyl groups is 1. The van der Waals surface area contributed by atoms with E-state index in [9.17, 15) is 19.5 Å². The Morgan fingerprint density at radius 1 is 0.900 bits per heavy atom. The first-order valence-corrected chi connectivity index (χ1v) is 17.1. The van der Waals surface area contributed by atoms with Crippen molar-refractivity contribution in [2.45, 2.75) is 56.5 Å². The number of rotatable bonds is 5. The van der Waals surface area contributed by atoms with Crippen molar-refractivity contribution in [3.05, 3.63) is 125 Å². The van der Waals surface area contributed by atoms with E-state index in [2.05, 4.69) is 5.32 Å². The number of aliphatic hydroxyl groups excluding tert-OH is 1. The molecule has 258 valence electrons. The number of allylic oxidation sites excluding steroid dienone is 1. The van der Waals surface area contributed by atoms with Gasteiger partial charge in [-0.25, -0.2) is 0 Å². The van der Waals surface area contributed by atoms with Crippen LogP contribution >= 0.6 is 0 Å². The zero-order valence-corrected chi connectivity index (χ0v) is 28.1. The molecule has 3 aromatic rings. The monoisotopic (exact) mass is 675 g/mol. The van der Waals surface area contributed by atoms with Crippen molar-refractivity contribution >= 4 is 29.4 Å². The van der Waals surface area contributed by atoms with Crippen LogP contribution in [0.15, 0.2) is 103 Å². The minimum absolute atomic E-state index is 0.0929. The maximum Gasteiger partial charge on any atom is 0.306 e. The highest BCUT2D eigenvalue weighted by atomic mass is 16.5. The first kappa shape index (κ1) is 33.4. The van der Waals surface area contributed by atoms with E-state index in [1.807, 2.05) is 105 Å². The predicted octanol–water partition coefficient (Wildman–Crippen LogP) is 4.27. The largest absolute Gasteiger partial charge is 0.463 e. The van der Waals surface area contributed by atoms with Gasteiger partial charge >= 0.3 is 5.97 Å². The van der Waals surface area contributed by atoms with Crippen molar-refractivity contribution in [1.82, 2.24) is 10.2 Å². The second-order valence-electron chi connectivity index (χ2n) is 13.4. The number of ether oxygens (including phenoxy) is 2. The summed E-state index contributed by atoms with van der Waals surface area (Å²) < 4.78 is 12.3. The second-order valence-corrected chi connectivity index (χ2v) is 13.4. The molecule has 4 aliphatic rings. The lowest BCUT2D eigenvalue weighted by molar-refractivity contribution is -0.146. The van der Waals surface area contributed by atoms with Gasteiger partial charge in [-0.2, -0.15) is 0 Å². The molecular weight excluding hydrogens is 634 g/mol. The quantitative estimate of drug-likeness (QED) is 0.306. The lowest BCUT2D eigenvalue weighted by atomic mass is 9.74. The second kappa shape index (κ2) is 13.7. The van der Waals surface area contributed by atoms with Crippen molar-refractivity contribution in [1.29, 1.82) is 0 Å². The van der Waals surface area contributed by atoms with Crippen LogP contribution in [0.2, 0.25) is 0 Å². The standard InChI is InChI=1S/C40H41N3O7/c1-25-13-12-14-26(2)35(25)42-22-11-5-10-19-32(45)49-24-29(27-15-6-3-7-16-27)41-37(46)33-31-20-21-40(50-31)34(33)38(47)43(36(40)39(42)48)30(23-44)28-17-8-4-9-18-28/h3-9,11-18,20-21,29-31,33-34,36,44H,10,19,22-24H2,1-2H3,(H,41,46)/b11-5-/t29-,30+,31-,33+,34+,36-,40+/m0/s1. The smallest absolute Gasteiger partial charge is 0.306 e. The van der Waals surface area contributed by atoms with Crippen LogP contribution in [-0.2, 0) is 28.7 Å². The first-order valence-electron chi connectivity index (χ1n) is 17.1. The summed E-state index contributed by atoms with van der Waals surface area (Å²) in [6, 6.07) is 21.3. The van der Waals surface area contributed by atoms with E-state index < -0.39 is 72.0 Å². The molecule has 10 heteroatoms. The van der Waals surface area contributed by atoms with Gasteiger partial charge in [-0.15, -0.1) is 0 Å². The minimum atomic E-state index is -1.47. The Kier molecular flexibility index (Phi) is 9.15. The number of fused-ring (bicyclic) bond motifs is 2. The van der Waals surface area contributed by atoms with E-state index in [1.54, 1.807) is 17.1 Å². The van der Waals surface area contributed by atoms with Gasteiger partial charge in [0, 0.05) is 18.7 Å². The maximum atomic E-state index is 15.3. The van der Waals surface area contributed by atoms with E-state index >= 15 is 4.79 Å². The van der Waals surface area contributed by atoms with Gasteiger partial charge in [0.15, 0.2) is 0 Å². The summed E-state index contributed by atoms with van der Waals surface area (Å²) in [5.74, 6) is -3.73. The number of hydrogen-bond donors (Lipinski definition) is 2. The number of esters is 1. The van der Waals surface area contributed by atoms with E-state index in [1.165, 1.54) is 4.90 Å². The number of hydrogen-bond acceptors (Lipinski definition) is 7. The van der Waals surface area contributed by atoms with Gasteiger partial charge < -0.3 is 29.7 Å². The molecule has 4 heterocycles. The van der Waals surface area contributed by atoms with Crippen molar-refractivity contribution < 1.29 is 33.8 Å². The third-order valence-corrected chi connectivity index (χ3v) is 10.4. The molecule has 3 aromatic carbocycles. The molecule has 2 N–H and O–H groups in total. The number of carbonyl (C=O) groups is 4. The van der Waals surface area contributed by atoms with Gasteiger partial charge in [-0.1, -0.05) is 103 Å². The zero-order valence-electron chi connectivity index (χ0n) is 28.1. The van der Waals surface area contributed by atoms with Crippen LogP contribution < -0.4 is 10.2 Å². The fraction of sp³-hybridized carbons (Fsp3) is 0.350. The number of para-hydroxylation sites is 1. The molecule has 7 rings (SSSR count). The van der Waals surface area contributed by atoms with E-state index in [4.69, 9.17) is 9.47 Å². The molecule has 0 aliphatic carbocycles. The van der Waals surface area contributed by atoms with Crippen LogP contribution in [0.5, 0.6) is 0 Å². The molecule has 50 heavy (non-hydrogen) atoms. The summed E-state index contributed by atoms with van der Waals surface area (Å²) in [7, 11) is 0. The van der Waals surface area contributed by atoms with Crippen LogP contribution in [0.25, 0.3) is 0 Å². The summed E-state index contributed by atoms with van der Waals surface area (Å²) in [5, 5.41) is 14.0. The number of amides is 3. The van der Waals surface area contributed by atoms with E-state index in [0.29, 0.717) is 17.7 Å². The SMILES string of the molecule is Cc1cccc(C)c1N1C/C=C\CCC(=O)OC[C@@H](c2ccccc2)NC(=O)[C@@H]2[C@@H]3C=C[C@]4(O3)[C@H](C1=O)N([C@H](CO)c1ccccc1)C(=O)[C@@H]24. The summed E-state index contributed by atoms with van der Waals surface area (Å²) in [6.07, 6.45) is 6.96. The summed E-state index contributed by atoms with van der Waals surface area (Å²) in [6.45, 7) is 3.47. The maximum absolute atomic E-state index is 15.3. The zero-order chi connectivity index (χ0) is 35.0. The Morgan fingerprint density at radius 3 is 2.30 bits per heavy atom. The van der Waals surface area contributed by atoms with Gasteiger partial charge in [0.2, 0.25) is 11.8 Å². The third kappa shape index (κ3) is 5.72. The highest BCUT2D eigenvalue weighted by molar-refractivity contribution is 6.06. The van der Waals surface area contributed by atoms with E-state index in [0.717, 1.165) is 16.7 Å². The molecule has 0 unspecified atom stereocenters. The fourth-order valence-corrected chi connectivity index (χ4v) is 8.14. The lowest BCUT2D eigenvalue weighted by Gasteiger charge is -2.39. The molecular formula is C40H41N3O7. The molecule has 5 bridgehead atoms. The molecule has 0 radical (unpaired) electrons. The number of aryl methyl sites for hydroxylation is 2. The van der Waals surface area contributed by atoms with Gasteiger partial charge in [0.05, 0.1) is 36.6 Å². The number of benzene rings is 3. The Morgan fingerprint density at radius 2 is 1.60 bits per heavy atom. The molecule has 1 spiro atoms. The minimum Gasteiger partial charge on any atom is -0.463 e. The molecule has 7 atom stereocenters. The average molecular weight is 676 g/mol. The highest BCUT2D eigenvalue weighted by Gasteiger charge is 2.74. The average Bonchev–Trinajstić information content (AvgIpc) is 3.77. The number of carbonyl (C=O) groups excluding carboxylic acids is 4.